The van der Waals surface area contributed by atoms with Crippen LogP contribution in [0.3, 0.4) is 0 Å². The van der Waals surface area contributed by atoms with Gasteiger partial charge < -0.3 is 18.9 Å². The number of halogens is 16. The molecule has 416 valence electrons. The van der Waals surface area contributed by atoms with Gasteiger partial charge in [-0.15, -0.1) is 21.9 Å². The summed E-state index contributed by atoms with van der Waals surface area (Å²) in [5.74, 6) is -58.7. The number of ether oxygens (including phenoxy) is 4. The van der Waals surface area contributed by atoms with E-state index >= 15 is 70.2 Å². The van der Waals surface area contributed by atoms with Crippen LogP contribution in [0.2, 0.25) is 0 Å². The molecule has 0 heterocycles. The fraction of sp³-hybridized carbons (Fsp3) is 0.0667. The molecule has 0 spiro atoms. The Kier molecular flexibility index (Phi) is 18.7. The Morgan fingerprint density at radius 2 is 0.402 bits per heavy atom. The summed E-state index contributed by atoms with van der Waals surface area (Å²) in [6.07, 6.45) is -1.65. The van der Waals surface area contributed by atoms with Crippen LogP contribution in [0.25, 0.3) is 24.3 Å². The summed E-state index contributed by atoms with van der Waals surface area (Å²) in [5, 5.41) is 0. The van der Waals surface area contributed by atoms with Crippen molar-refractivity contribution in [3.05, 3.63) is 261 Å². The van der Waals surface area contributed by atoms with Crippen LogP contribution in [0.4, 0.5) is 70.2 Å². The van der Waals surface area contributed by atoms with Gasteiger partial charge in [-0.1, -0.05) is 148 Å². The molecule has 22 heteroatoms. The molecule has 0 N–H and O–H groups in total. The molecule has 0 radical (unpaired) electrons. The van der Waals surface area contributed by atoms with Crippen molar-refractivity contribution in [1.82, 2.24) is 0 Å². The normalized spacial score (nSPS) is 11.2. The first kappa shape index (κ1) is 61.1. The molecule has 8 aromatic rings. The standard InChI is InChI=1S/C60H36BF16O4.Li/c1-5-29-9-17-33(18-10-29)25-78-57-49(70)41(62)37(42(63)50(57)71)61(38-43(64)51(72)58(52(73)44(38)65)79-26-34-19-11-30(6-2)12-20-34,39-45(66)53(74)59(54(75)46(39)67)80-27-35-21-13-31(7-3)14-22-35)40-47(68)55(76)60(56(77)48(40)69)81-28-36-23-15-32(8-4)16-24-36;/h5-24H,1-4,25-28H2;/q-1;+1. The summed E-state index contributed by atoms with van der Waals surface area (Å²) in [7, 11) is 0. The minimum atomic E-state index is -7.08. The molecule has 82 heavy (non-hydrogen) atoms. The van der Waals surface area contributed by atoms with Crippen LogP contribution in [0.5, 0.6) is 23.0 Å². The summed E-state index contributed by atoms with van der Waals surface area (Å²) in [5.41, 5.74) is -11.0. The summed E-state index contributed by atoms with van der Waals surface area (Å²) in [6.45, 7) is 10.0. The summed E-state index contributed by atoms with van der Waals surface area (Å²) >= 11 is 0. The van der Waals surface area contributed by atoms with Gasteiger partial charge in [0.1, 0.15) is 79.1 Å². The molecule has 0 unspecified atom stereocenters. The van der Waals surface area contributed by atoms with Gasteiger partial charge in [-0.25, -0.2) is 35.1 Å². The van der Waals surface area contributed by atoms with Gasteiger partial charge in [0.2, 0.25) is 46.5 Å². The number of hydrogen-bond acceptors (Lipinski definition) is 4. The Balaban J connectivity index is 0.00000968. The maximum atomic E-state index is 17.6. The van der Waals surface area contributed by atoms with E-state index in [1.165, 1.54) is 121 Å². The molecule has 0 aliphatic carbocycles. The van der Waals surface area contributed by atoms with Crippen molar-refractivity contribution in [3.63, 3.8) is 0 Å². The predicted molar refractivity (Wildman–Crippen MR) is 273 cm³/mol. The van der Waals surface area contributed by atoms with Crippen LogP contribution in [-0.2, 0) is 26.4 Å². The zero-order chi connectivity index (χ0) is 58.8. The molecular weight excluding hydrogens is 1110 g/mol. The first-order chi connectivity index (χ1) is 38.7. The quantitative estimate of drug-likeness (QED) is 0.0433. The van der Waals surface area contributed by atoms with E-state index in [0.717, 1.165) is 0 Å². The van der Waals surface area contributed by atoms with Crippen molar-refractivity contribution in [1.29, 1.82) is 0 Å². The van der Waals surface area contributed by atoms with Crippen molar-refractivity contribution in [2.24, 2.45) is 0 Å². The molecule has 4 nitrogen and oxygen atoms in total. The van der Waals surface area contributed by atoms with Gasteiger partial charge in [0, 0.05) is 0 Å². The van der Waals surface area contributed by atoms with Crippen LogP contribution in [0, 0.1) is 93.1 Å². The van der Waals surface area contributed by atoms with E-state index in [0.29, 0.717) is 22.3 Å². The zero-order valence-corrected chi connectivity index (χ0v) is 42.5. The van der Waals surface area contributed by atoms with E-state index < -0.39 is 170 Å². The molecule has 8 rings (SSSR count). The number of rotatable bonds is 20. The van der Waals surface area contributed by atoms with Gasteiger partial charge in [-0.05, 0) is 44.5 Å². The molecule has 0 aromatic heterocycles. The maximum Gasteiger partial charge on any atom is 1.00 e. The average molecular weight is 1140 g/mol. The van der Waals surface area contributed by atoms with E-state index in [2.05, 4.69) is 26.3 Å². The first-order valence-corrected chi connectivity index (χ1v) is 23.6. The molecule has 0 atom stereocenters. The van der Waals surface area contributed by atoms with E-state index in [1.54, 1.807) is 0 Å². The van der Waals surface area contributed by atoms with Gasteiger partial charge in [0.15, 0.2) is 23.0 Å². The van der Waals surface area contributed by atoms with Crippen molar-refractivity contribution < 1.29 is 108 Å². The predicted octanol–water partition coefficient (Wildman–Crippen LogP) is 11.2. The minimum absolute atomic E-state index is 0. The van der Waals surface area contributed by atoms with Crippen LogP contribution in [0.1, 0.15) is 44.5 Å². The molecule has 0 amide bonds. The third-order valence-electron chi connectivity index (χ3n) is 13.2. The molecule has 0 bridgehead atoms. The molecule has 0 aliphatic heterocycles. The van der Waals surface area contributed by atoms with E-state index in [9.17, 15) is 0 Å². The second-order valence-corrected chi connectivity index (χ2v) is 17.8. The van der Waals surface area contributed by atoms with Gasteiger partial charge in [0.25, 0.3) is 0 Å². The SMILES string of the molecule is C=Cc1ccc(COc2c(F)c(F)c([B-](c3c(F)c(F)c(OCc4ccc(C=C)cc4)c(F)c3F)(c3c(F)c(F)c(OCc4ccc(C=C)cc4)c(F)c3F)c3c(F)c(F)c(OCc4ccc(C=C)cc4)c(F)c3F)c(F)c2F)cc1.[Li+]. The Morgan fingerprint density at radius 3 is 0.537 bits per heavy atom. The van der Waals surface area contributed by atoms with Gasteiger partial charge in [0.05, 0.1) is 0 Å². The van der Waals surface area contributed by atoms with Crippen molar-refractivity contribution in [3.8, 4) is 23.0 Å². The number of hydrogen-bond donors (Lipinski definition) is 0. The monoisotopic (exact) mass is 1140 g/mol. The van der Waals surface area contributed by atoms with E-state index in [4.69, 9.17) is 18.9 Å². The van der Waals surface area contributed by atoms with Crippen LogP contribution < -0.4 is 59.7 Å². The van der Waals surface area contributed by atoms with Gasteiger partial charge in [-0.2, -0.15) is 35.1 Å². The Hall–Kier alpha value is -8.54. The Morgan fingerprint density at radius 1 is 0.256 bits per heavy atom. The van der Waals surface area contributed by atoms with Crippen LogP contribution >= 0.6 is 0 Å². The fourth-order valence-electron chi connectivity index (χ4n) is 9.03. The first-order valence-electron chi connectivity index (χ1n) is 23.6. The minimum Gasteiger partial charge on any atom is -0.483 e. The molecule has 0 saturated carbocycles. The maximum absolute atomic E-state index is 17.6. The van der Waals surface area contributed by atoms with E-state index in [1.807, 2.05) is 0 Å². The Bertz CT molecular complexity index is 3190. The van der Waals surface area contributed by atoms with Gasteiger partial charge >= 0.3 is 18.9 Å². The van der Waals surface area contributed by atoms with Crippen molar-refractivity contribution >= 4 is 52.3 Å². The van der Waals surface area contributed by atoms with Crippen LogP contribution in [-0.4, -0.2) is 6.15 Å². The topological polar surface area (TPSA) is 36.9 Å². The second-order valence-electron chi connectivity index (χ2n) is 17.8. The smallest absolute Gasteiger partial charge is 0.483 e. The third kappa shape index (κ3) is 11.0. The molecule has 0 saturated heterocycles. The zero-order valence-electron chi connectivity index (χ0n) is 42.5. The third-order valence-corrected chi connectivity index (χ3v) is 13.2. The van der Waals surface area contributed by atoms with Crippen molar-refractivity contribution in [2.75, 3.05) is 0 Å². The fourth-order valence-corrected chi connectivity index (χ4v) is 9.03. The summed E-state index contributed by atoms with van der Waals surface area (Å²) < 4.78 is 295. The average Bonchev–Trinajstić information content (AvgIpc) is 3.67. The van der Waals surface area contributed by atoms with Crippen molar-refractivity contribution in [2.45, 2.75) is 26.4 Å². The number of benzene rings is 8. The molecule has 8 aromatic carbocycles. The molecule has 0 fully saturated rings. The molecule has 0 aliphatic rings. The molecular formula is C60H36BF16LiO4. The van der Waals surface area contributed by atoms with E-state index in [-0.39, 0.29) is 41.1 Å². The summed E-state index contributed by atoms with van der Waals surface area (Å²) in [4.78, 5) is 0. The Labute approximate surface area is 469 Å². The summed E-state index contributed by atoms with van der Waals surface area (Å²) in [6, 6.07) is 20.9. The van der Waals surface area contributed by atoms with Crippen LogP contribution in [0.15, 0.2) is 123 Å². The second kappa shape index (κ2) is 25.1. The van der Waals surface area contributed by atoms with Gasteiger partial charge in [-0.3, -0.25) is 0 Å². The largest absolute Gasteiger partial charge is 1.00 e.